The second kappa shape index (κ2) is 8.71. The minimum absolute atomic E-state index is 0.696. The van der Waals surface area contributed by atoms with Crippen LogP contribution in [0.2, 0.25) is 0 Å². The summed E-state index contributed by atoms with van der Waals surface area (Å²) in [6.07, 6.45) is 12.3. The number of ether oxygens (including phenoxy) is 1. The Kier molecular flexibility index (Phi) is 5.28. The SMILES string of the molecule is C1=C(c2cc3ccncc3[nH]2)c2cc(-c3cncc(OCCN4CCCC4)c3)ccc2NC1. The first-order chi connectivity index (χ1) is 16.3. The first kappa shape index (κ1) is 20.0. The molecule has 6 nitrogen and oxygen atoms in total. The van der Waals surface area contributed by atoms with Gasteiger partial charge in [0.05, 0.1) is 17.9 Å². The predicted molar refractivity (Wildman–Crippen MR) is 133 cm³/mol. The number of nitrogens with one attached hydrogen (secondary N) is 2. The molecular weight excluding hydrogens is 410 g/mol. The Morgan fingerprint density at radius 2 is 1.88 bits per heavy atom. The summed E-state index contributed by atoms with van der Waals surface area (Å²) in [5, 5.41) is 4.66. The zero-order valence-corrected chi connectivity index (χ0v) is 18.6. The van der Waals surface area contributed by atoms with Crippen LogP contribution in [0.1, 0.15) is 24.1 Å². The summed E-state index contributed by atoms with van der Waals surface area (Å²) >= 11 is 0. The second-order valence-corrected chi connectivity index (χ2v) is 8.71. The van der Waals surface area contributed by atoms with Gasteiger partial charge in [-0.3, -0.25) is 14.9 Å². The molecule has 2 aliphatic rings. The number of H-pyrrole nitrogens is 1. The van der Waals surface area contributed by atoms with Gasteiger partial charge < -0.3 is 15.0 Å². The number of aromatic amines is 1. The van der Waals surface area contributed by atoms with Gasteiger partial charge in [0, 0.05) is 59.0 Å². The largest absolute Gasteiger partial charge is 0.491 e. The zero-order valence-electron chi connectivity index (χ0n) is 18.6. The topological polar surface area (TPSA) is 66.1 Å². The smallest absolute Gasteiger partial charge is 0.138 e. The Morgan fingerprint density at radius 1 is 0.939 bits per heavy atom. The second-order valence-electron chi connectivity index (χ2n) is 8.71. The van der Waals surface area contributed by atoms with Crippen LogP contribution < -0.4 is 10.1 Å². The molecule has 2 aliphatic heterocycles. The van der Waals surface area contributed by atoms with E-state index >= 15 is 0 Å². The molecule has 1 fully saturated rings. The number of pyridine rings is 2. The maximum Gasteiger partial charge on any atom is 0.138 e. The predicted octanol–water partition coefficient (Wildman–Crippen LogP) is 4.96. The number of rotatable bonds is 6. The van der Waals surface area contributed by atoms with Crippen LogP contribution in [0.15, 0.2) is 67.3 Å². The lowest BCUT2D eigenvalue weighted by atomic mass is 9.94. The van der Waals surface area contributed by atoms with Gasteiger partial charge in [-0.05, 0) is 61.8 Å². The summed E-state index contributed by atoms with van der Waals surface area (Å²) in [6, 6.07) is 12.9. The van der Waals surface area contributed by atoms with Crippen molar-refractivity contribution in [3.63, 3.8) is 0 Å². The average Bonchev–Trinajstić information content (AvgIpc) is 3.53. The van der Waals surface area contributed by atoms with Crippen LogP contribution in [0.5, 0.6) is 5.75 Å². The molecule has 2 N–H and O–H groups in total. The minimum atomic E-state index is 0.696. The molecule has 4 aromatic rings. The third-order valence-corrected chi connectivity index (χ3v) is 6.54. The van der Waals surface area contributed by atoms with E-state index in [9.17, 15) is 0 Å². The highest BCUT2D eigenvalue weighted by Gasteiger charge is 2.17. The Bertz CT molecular complexity index is 1290. The molecule has 0 unspecified atom stereocenters. The van der Waals surface area contributed by atoms with E-state index in [-0.39, 0.29) is 0 Å². The lowest BCUT2D eigenvalue weighted by molar-refractivity contribution is 0.237. The number of hydrogen-bond donors (Lipinski definition) is 2. The van der Waals surface area contributed by atoms with Gasteiger partial charge in [-0.25, -0.2) is 0 Å². The molecule has 1 aromatic carbocycles. The van der Waals surface area contributed by atoms with Crippen LogP contribution >= 0.6 is 0 Å². The number of benzene rings is 1. The monoisotopic (exact) mass is 437 g/mol. The van der Waals surface area contributed by atoms with E-state index in [1.807, 2.05) is 24.7 Å². The van der Waals surface area contributed by atoms with Gasteiger partial charge in [-0.1, -0.05) is 12.1 Å². The number of fused-ring (bicyclic) bond motifs is 2. The van der Waals surface area contributed by atoms with Gasteiger partial charge >= 0.3 is 0 Å². The van der Waals surface area contributed by atoms with Crippen molar-refractivity contribution < 1.29 is 4.74 Å². The van der Waals surface area contributed by atoms with Crippen LogP contribution in [-0.4, -0.2) is 52.6 Å². The maximum absolute atomic E-state index is 6.03. The van der Waals surface area contributed by atoms with Crippen molar-refractivity contribution in [2.45, 2.75) is 12.8 Å². The molecule has 0 spiro atoms. The molecule has 1 saturated heterocycles. The van der Waals surface area contributed by atoms with Gasteiger partial charge in [0.15, 0.2) is 0 Å². The first-order valence-electron chi connectivity index (χ1n) is 11.7. The van der Waals surface area contributed by atoms with Crippen molar-refractivity contribution in [2.75, 3.05) is 38.1 Å². The lowest BCUT2D eigenvalue weighted by Gasteiger charge is -2.20. The molecule has 0 saturated carbocycles. The van der Waals surface area contributed by atoms with Crippen molar-refractivity contribution in [1.29, 1.82) is 0 Å². The molecule has 0 amide bonds. The quantitative estimate of drug-likeness (QED) is 0.446. The Hall–Kier alpha value is -3.64. The standard InChI is InChI=1S/C27H27N5O/c1-2-10-32(9-1)11-12-33-22-13-21(16-29-17-22)19-3-4-25-24(14-19)23(6-8-30-25)26-15-20-5-7-28-18-27(20)31-26/h3-7,13-18,30-31H,1-2,8-12H2. The van der Waals surface area contributed by atoms with Gasteiger partial charge in [0.2, 0.25) is 0 Å². The Balaban J connectivity index is 1.26. The van der Waals surface area contributed by atoms with Crippen molar-refractivity contribution in [1.82, 2.24) is 19.9 Å². The van der Waals surface area contributed by atoms with Gasteiger partial charge in [0.1, 0.15) is 12.4 Å². The van der Waals surface area contributed by atoms with Gasteiger partial charge in [0.25, 0.3) is 0 Å². The molecule has 6 heteroatoms. The van der Waals surface area contributed by atoms with Crippen molar-refractivity contribution in [2.24, 2.45) is 0 Å². The average molecular weight is 438 g/mol. The molecule has 5 heterocycles. The molecule has 0 aliphatic carbocycles. The highest BCUT2D eigenvalue weighted by molar-refractivity contribution is 5.93. The van der Waals surface area contributed by atoms with Crippen molar-refractivity contribution in [3.05, 3.63) is 78.5 Å². The number of likely N-dealkylation sites (tertiary alicyclic amines) is 1. The summed E-state index contributed by atoms with van der Waals surface area (Å²) in [5.74, 6) is 0.821. The molecule has 33 heavy (non-hydrogen) atoms. The molecule has 166 valence electrons. The van der Waals surface area contributed by atoms with Crippen molar-refractivity contribution in [3.8, 4) is 16.9 Å². The van der Waals surface area contributed by atoms with Crippen molar-refractivity contribution >= 4 is 22.2 Å². The zero-order chi connectivity index (χ0) is 22.0. The maximum atomic E-state index is 6.03. The Labute approximate surface area is 193 Å². The van der Waals surface area contributed by atoms with E-state index in [0.717, 1.165) is 46.9 Å². The summed E-state index contributed by atoms with van der Waals surface area (Å²) in [4.78, 5) is 14.7. The normalized spacial score (nSPS) is 15.8. The number of anilines is 1. The summed E-state index contributed by atoms with van der Waals surface area (Å²) in [7, 11) is 0. The minimum Gasteiger partial charge on any atom is -0.491 e. The van der Waals surface area contributed by atoms with Crippen LogP contribution in [0.25, 0.3) is 27.6 Å². The van der Waals surface area contributed by atoms with Gasteiger partial charge in [-0.15, -0.1) is 0 Å². The third-order valence-electron chi connectivity index (χ3n) is 6.54. The van der Waals surface area contributed by atoms with E-state index in [1.165, 1.54) is 42.5 Å². The highest BCUT2D eigenvalue weighted by atomic mass is 16.5. The molecule has 3 aromatic heterocycles. The summed E-state index contributed by atoms with van der Waals surface area (Å²) < 4.78 is 6.03. The molecular formula is C27H27N5O. The first-order valence-corrected chi connectivity index (χ1v) is 11.7. The summed E-state index contributed by atoms with van der Waals surface area (Å²) in [6.45, 7) is 4.85. The highest BCUT2D eigenvalue weighted by Crippen LogP contribution is 2.36. The number of hydrogen-bond acceptors (Lipinski definition) is 5. The van der Waals surface area contributed by atoms with E-state index in [4.69, 9.17) is 4.74 Å². The van der Waals surface area contributed by atoms with E-state index in [1.54, 1.807) is 6.20 Å². The molecule has 0 radical (unpaired) electrons. The Morgan fingerprint density at radius 3 is 2.79 bits per heavy atom. The fourth-order valence-electron chi connectivity index (χ4n) is 4.80. The van der Waals surface area contributed by atoms with E-state index in [2.05, 4.69) is 61.6 Å². The number of aromatic nitrogens is 3. The number of nitrogens with zero attached hydrogens (tertiary/aromatic N) is 3. The fourth-order valence-corrected chi connectivity index (χ4v) is 4.80. The van der Waals surface area contributed by atoms with Crippen LogP contribution in [0.4, 0.5) is 5.69 Å². The summed E-state index contributed by atoms with van der Waals surface area (Å²) in [5.41, 5.74) is 7.86. The van der Waals surface area contributed by atoms with Crippen LogP contribution in [-0.2, 0) is 0 Å². The van der Waals surface area contributed by atoms with Crippen LogP contribution in [0, 0.1) is 0 Å². The van der Waals surface area contributed by atoms with Gasteiger partial charge in [-0.2, -0.15) is 0 Å². The third kappa shape index (κ3) is 4.10. The van der Waals surface area contributed by atoms with E-state index < -0.39 is 0 Å². The lowest BCUT2D eigenvalue weighted by Crippen LogP contribution is -2.25. The van der Waals surface area contributed by atoms with Crippen LogP contribution in [0.3, 0.4) is 0 Å². The molecule has 0 bridgehead atoms. The molecule has 0 atom stereocenters. The fraction of sp³-hybridized carbons (Fsp3) is 0.259. The molecule has 6 rings (SSSR count). The van der Waals surface area contributed by atoms with E-state index in [0.29, 0.717) is 6.61 Å².